The van der Waals surface area contributed by atoms with E-state index >= 15 is 0 Å². The Morgan fingerprint density at radius 3 is 2.64 bits per heavy atom. The minimum atomic E-state index is 0. The predicted octanol–water partition coefficient (Wildman–Crippen LogP) is 4.37. The van der Waals surface area contributed by atoms with Gasteiger partial charge in [0, 0.05) is 37.3 Å². The molecule has 3 aromatic rings. The van der Waals surface area contributed by atoms with Crippen LogP contribution in [0.4, 0.5) is 0 Å². The Morgan fingerprint density at radius 1 is 1.15 bits per heavy atom. The smallest absolute Gasteiger partial charge is 0.191 e. The van der Waals surface area contributed by atoms with Gasteiger partial charge in [0.15, 0.2) is 11.8 Å². The standard InChI is InChI=1S/C25H33N7.HI/c1-3-26-25(27-17-20-8-7-11-22(16-20)24-28-18-29-31-24)30-23-12-14-32(15-13-23)19(2)21-9-5-4-6-10-21;/h4-11,16,18-19,23H,3,12-15,17H2,1-2H3,(H2,26,27,30)(H,28,29,31);1H. The Bertz CT molecular complexity index is 983. The number of H-pyrrole nitrogens is 1. The van der Waals surface area contributed by atoms with Crippen LogP contribution in [0.15, 0.2) is 65.9 Å². The van der Waals surface area contributed by atoms with Crippen LogP contribution in [0, 0.1) is 0 Å². The van der Waals surface area contributed by atoms with Gasteiger partial charge in [-0.25, -0.2) is 9.98 Å². The number of benzene rings is 2. The highest BCUT2D eigenvalue weighted by atomic mass is 127. The normalized spacial score (nSPS) is 16.1. The first-order valence-electron chi connectivity index (χ1n) is 11.5. The van der Waals surface area contributed by atoms with E-state index in [4.69, 9.17) is 4.99 Å². The molecule has 1 atom stereocenters. The number of nitrogens with one attached hydrogen (secondary N) is 3. The summed E-state index contributed by atoms with van der Waals surface area (Å²) in [4.78, 5) is 11.6. The molecule has 0 spiro atoms. The second-order valence-corrected chi connectivity index (χ2v) is 8.27. The molecule has 0 amide bonds. The van der Waals surface area contributed by atoms with Crippen LogP contribution in [0.3, 0.4) is 0 Å². The van der Waals surface area contributed by atoms with Crippen LogP contribution in [0.25, 0.3) is 11.4 Å². The molecule has 33 heavy (non-hydrogen) atoms. The third kappa shape index (κ3) is 7.01. The SMILES string of the molecule is CCNC(=NCc1cccc(-c2ncn[nH]2)c1)NC1CCN(C(C)c2ccccc2)CC1.I. The largest absolute Gasteiger partial charge is 0.357 e. The highest BCUT2D eigenvalue weighted by Gasteiger charge is 2.24. The number of likely N-dealkylation sites (tertiary alicyclic amines) is 1. The topological polar surface area (TPSA) is 81.2 Å². The van der Waals surface area contributed by atoms with E-state index in [1.807, 2.05) is 12.1 Å². The van der Waals surface area contributed by atoms with Gasteiger partial charge in [-0.1, -0.05) is 48.5 Å². The van der Waals surface area contributed by atoms with Crippen LogP contribution < -0.4 is 10.6 Å². The lowest BCUT2D eigenvalue weighted by Crippen LogP contribution is -2.49. The molecular formula is C25H34IN7. The Balaban J connectivity index is 0.00000306. The van der Waals surface area contributed by atoms with Gasteiger partial charge in [-0.05, 0) is 43.9 Å². The maximum Gasteiger partial charge on any atom is 0.191 e. The number of halogens is 1. The summed E-state index contributed by atoms with van der Waals surface area (Å²) in [5.74, 6) is 1.66. The van der Waals surface area contributed by atoms with Crippen LogP contribution in [0.1, 0.15) is 43.9 Å². The van der Waals surface area contributed by atoms with Gasteiger partial charge in [-0.3, -0.25) is 10.00 Å². The van der Waals surface area contributed by atoms with Crippen molar-refractivity contribution in [2.24, 2.45) is 4.99 Å². The van der Waals surface area contributed by atoms with Crippen molar-refractivity contribution in [3.63, 3.8) is 0 Å². The van der Waals surface area contributed by atoms with E-state index in [0.717, 1.165) is 55.4 Å². The van der Waals surface area contributed by atoms with E-state index in [9.17, 15) is 0 Å². The molecule has 176 valence electrons. The van der Waals surface area contributed by atoms with Crippen molar-refractivity contribution in [2.75, 3.05) is 19.6 Å². The first-order chi connectivity index (χ1) is 15.7. The summed E-state index contributed by atoms with van der Waals surface area (Å²) >= 11 is 0. The van der Waals surface area contributed by atoms with Crippen LogP contribution in [0.5, 0.6) is 0 Å². The average molecular weight is 560 g/mol. The Labute approximate surface area is 213 Å². The lowest BCUT2D eigenvalue weighted by molar-refractivity contribution is 0.158. The summed E-state index contributed by atoms with van der Waals surface area (Å²) in [6, 6.07) is 19.9. The quantitative estimate of drug-likeness (QED) is 0.228. The molecule has 1 fully saturated rings. The monoisotopic (exact) mass is 559 g/mol. The van der Waals surface area contributed by atoms with Crippen LogP contribution >= 0.6 is 24.0 Å². The zero-order chi connectivity index (χ0) is 22.2. The zero-order valence-corrected chi connectivity index (χ0v) is 21.7. The van der Waals surface area contributed by atoms with Crippen LogP contribution in [-0.4, -0.2) is 51.7 Å². The van der Waals surface area contributed by atoms with Gasteiger partial charge < -0.3 is 10.6 Å². The Kier molecular flexibility index (Phi) is 9.68. The van der Waals surface area contributed by atoms with Crippen molar-refractivity contribution in [1.29, 1.82) is 0 Å². The first-order valence-corrected chi connectivity index (χ1v) is 11.5. The molecule has 0 radical (unpaired) electrons. The van der Waals surface area contributed by atoms with Gasteiger partial charge in [0.05, 0.1) is 6.54 Å². The number of hydrogen-bond donors (Lipinski definition) is 3. The van der Waals surface area contributed by atoms with E-state index in [1.54, 1.807) is 0 Å². The highest BCUT2D eigenvalue weighted by molar-refractivity contribution is 14.0. The predicted molar refractivity (Wildman–Crippen MR) is 145 cm³/mol. The summed E-state index contributed by atoms with van der Waals surface area (Å²) in [5.41, 5.74) is 3.55. The molecule has 8 heteroatoms. The lowest BCUT2D eigenvalue weighted by atomic mass is 10.0. The second-order valence-electron chi connectivity index (χ2n) is 8.27. The van der Waals surface area contributed by atoms with E-state index in [-0.39, 0.29) is 24.0 Å². The molecule has 4 rings (SSSR count). The molecule has 7 nitrogen and oxygen atoms in total. The third-order valence-corrected chi connectivity index (χ3v) is 6.08. The van der Waals surface area contributed by atoms with Crippen molar-refractivity contribution in [1.82, 2.24) is 30.7 Å². The van der Waals surface area contributed by atoms with Gasteiger partial charge in [0.1, 0.15) is 6.33 Å². The molecule has 0 bridgehead atoms. The number of nitrogens with zero attached hydrogens (tertiary/aromatic N) is 4. The summed E-state index contributed by atoms with van der Waals surface area (Å²) in [6.45, 7) is 8.04. The van der Waals surface area contributed by atoms with Crippen molar-refractivity contribution in [3.8, 4) is 11.4 Å². The summed E-state index contributed by atoms with van der Waals surface area (Å²) in [7, 11) is 0. The number of piperidine rings is 1. The summed E-state index contributed by atoms with van der Waals surface area (Å²) < 4.78 is 0. The maximum atomic E-state index is 4.84. The number of aromatic nitrogens is 3. The average Bonchev–Trinajstić information content (AvgIpc) is 3.39. The highest BCUT2D eigenvalue weighted by Crippen LogP contribution is 2.24. The molecule has 0 saturated carbocycles. The fraction of sp³-hybridized carbons (Fsp3) is 0.400. The van der Waals surface area contributed by atoms with Crippen molar-refractivity contribution in [3.05, 3.63) is 72.1 Å². The van der Waals surface area contributed by atoms with Gasteiger partial charge in [0.25, 0.3) is 0 Å². The molecule has 1 aliphatic rings. The van der Waals surface area contributed by atoms with E-state index in [2.05, 4.69) is 87.0 Å². The van der Waals surface area contributed by atoms with Crippen molar-refractivity contribution < 1.29 is 0 Å². The Hall–Kier alpha value is -2.46. The number of guanidine groups is 1. The van der Waals surface area contributed by atoms with Crippen molar-refractivity contribution in [2.45, 2.75) is 45.3 Å². The minimum absolute atomic E-state index is 0. The van der Waals surface area contributed by atoms with Gasteiger partial charge in [-0.15, -0.1) is 24.0 Å². The zero-order valence-electron chi connectivity index (χ0n) is 19.4. The molecule has 1 unspecified atom stereocenters. The first kappa shape index (κ1) is 25.2. The number of aromatic amines is 1. The number of rotatable bonds is 7. The number of aliphatic imine (C=N–C) groups is 1. The molecule has 1 aliphatic heterocycles. The van der Waals surface area contributed by atoms with Crippen molar-refractivity contribution >= 4 is 29.9 Å². The Morgan fingerprint density at radius 2 is 1.94 bits per heavy atom. The number of hydrogen-bond acceptors (Lipinski definition) is 4. The lowest BCUT2D eigenvalue weighted by Gasteiger charge is -2.37. The van der Waals surface area contributed by atoms with E-state index in [1.165, 1.54) is 11.9 Å². The van der Waals surface area contributed by atoms with Crippen LogP contribution in [-0.2, 0) is 6.54 Å². The van der Waals surface area contributed by atoms with Gasteiger partial charge >= 0.3 is 0 Å². The summed E-state index contributed by atoms with van der Waals surface area (Å²) in [6.07, 6.45) is 3.75. The molecule has 1 aromatic heterocycles. The molecular weight excluding hydrogens is 525 g/mol. The fourth-order valence-corrected chi connectivity index (χ4v) is 4.22. The molecule has 3 N–H and O–H groups in total. The fourth-order valence-electron chi connectivity index (χ4n) is 4.22. The molecule has 0 aliphatic carbocycles. The molecule has 2 aromatic carbocycles. The van der Waals surface area contributed by atoms with Gasteiger partial charge in [-0.2, -0.15) is 5.10 Å². The molecule has 1 saturated heterocycles. The third-order valence-electron chi connectivity index (χ3n) is 6.08. The van der Waals surface area contributed by atoms with Crippen LogP contribution in [0.2, 0.25) is 0 Å². The van der Waals surface area contributed by atoms with Gasteiger partial charge in [0.2, 0.25) is 0 Å². The second kappa shape index (κ2) is 12.7. The minimum Gasteiger partial charge on any atom is -0.357 e. The van der Waals surface area contributed by atoms with E-state index in [0.29, 0.717) is 18.6 Å². The molecule has 2 heterocycles. The van der Waals surface area contributed by atoms with E-state index < -0.39 is 0 Å². The maximum absolute atomic E-state index is 4.84. The summed E-state index contributed by atoms with van der Waals surface area (Å²) in [5, 5.41) is 13.9.